The second-order valence-corrected chi connectivity index (χ2v) is 5.49. The summed E-state index contributed by atoms with van der Waals surface area (Å²) in [4.78, 5) is 2.39. The van der Waals surface area contributed by atoms with Gasteiger partial charge in [0.05, 0.1) is 12.2 Å². The van der Waals surface area contributed by atoms with E-state index in [0.29, 0.717) is 6.54 Å². The van der Waals surface area contributed by atoms with Crippen LogP contribution in [0.15, 0.2) is 18.2 Å². The average Bonchev–Trinajstić information content (AvgIpc) is 2.30. The molecule has 2 rings (SSSR count). The Hall–Kier alpha value is -0.610. The number of nitrogens with zero attached hydrogens (tertiary/aromatic N) is 1. The van der Waals surface area contributed by atoms with Gasteiger partial charge in [-0.15, -0.1) is 0 Å². The summed E-state index contributed by atoms with van der Waals surface area (Å²) in [7, 11) is 0. The largest absolute Gasteiger partial charge is 0.373 e. The maximum absolute atomic E-state index is 6.29. The Kier molecular flexibility index (Phi) is 4.62. The van der Waals surface area contributed by atoms with Crippen LogP contribution in [0.3, 0.4) is 0 Å². The molecule has 0 aliphatic carbocycles. The van der Waals surface area contributed by atoms with E-state index in [0.717, 1.165) is 35.8 Å². The summed E-state index contributed by atoms with van der Waals surface area (Å²) < 4.78 is 5.73. The molecule has 18 heavy (non-hydrogen) atoms. The minimum Gasteiger partial charge on any atom is -0.373 e. The fraction of sp³-hybridized carbons (Fsp3) is 0.571. The lowest BCUT2D eigenvalue weighted by molar-refractivity contribution is -0.0704. The van der Waals surface area contributed by atoms with Crippen molar-refractivity contribution in [3.63, 3.8) is 0 Å². The Morgan fingerprint density at radius 3 is 2.56 bits per heavy atom. The van der Waals surface area contributed by atoms with Crippen LogP contribution in [-0.4, -0.2) is 30.2 Å². The number of benzene rings is 1. The number of hydrogen-bond acceptors (Lipinski definition) is 3. The first-order valence-corrected chi connectivity index (χ1v) is 6.81. The number of morpholine rings is 1. The third-order valence-corrected chi connectivity index (χ3v) is 3.59. The average molecular weight is 269 g/mol. The van der Waals surface area contributed by atoms with Crippen LogP contribution in [0.25, 0.3) is 0 Å². The molecule has 0 unspecified atom stereocenters. The summed E-state index contributed by atoms with van der Waals surface area (Å²) in [6, 6.07) is 6.09. The first-order valence-electron chi connectivity index (χ1n) is 6.43. The van der Waals surface area contributed by atoms with Crippen LogP contribution in [0.1, 0.15) is 25.0 Å². The van der Waals surface area contributed by atoms with Crippen molar-refractivity contribution in [3.8, 4) is 0 Å². The molecule has 0 radical (unpaired) electrons. The zero-order chi connectivity index (χ0) is 13.1. The summed E-state index contributed by atoms with van der Waals surface area (Å²) in [6.07, 6.45) is 0.576. The molecule has 100 valence electrons. The minimum absolute atomic E-state index is 0.288. The van der Waals surface area contributed by atoms with Crippen LogP contribution in [-0.2, 0) is 17.8 Å². The van der Waals surface area contributed by atoms with Gasteiger partial charge in [-0.3, -0.25) is 4.90 Å². The van der Waals surface area contributed by atoms with Crippen molar-refractivity contribution in [2.75, 3.05) is 13.1 Å². The van der Waals surface area contributed by atoms with Crippen molar-refractivity contribution in [2.45, 2.75) is 39.1 Å². The number of ether oxygens (including phenoxy) is 1. The van der Waals surface area contributed by atoms with Gasteiger partial charge in [0, 0.05) is 31.2 Å². The Morgan fingerprint density at radius 1 is 1.33 bits per heavy atom. The standard InChI is InChI=1S/C14H21ClN2O/c1-10-7-17(8-11(2)18-10)9-13-4-3-12(6-16)5-14(13)15/h3-5,10-11H,6-9,16H2,1-2H3/t10-,11+. The third-order valence-electron chi connectivity index (χ3n) is 3.24. The summed E-state index contributed by atoms with van der Waals surface area (Å²) in [5.74, 6) is 0. The molecule has 0 bridgehead atoms. The fourth-order valence-electron chi connectivity index (χ4n) is 2.50. The highest BCUT2D eigenvalue weighted by atomic mass is 35.5. The van der Waals surface area contributed by atoms with E-state index in [1.54, 1.807) is 0 Å². The second-order valence-electron chi connectivity index (χ2n) is 5.08. The van der Waals surface area contributed by atoms with E-state index in [9.17, 15) is 0 Å². The van der Waals surface area contributed by atoms with Gasteiger partial charge in [-0.05, 0) is 31.0 Å². The molecule has 1 saturated heterocycles. The van der Waals surface area contributed by atoms with Crippen molar-refractivity contribution in [3.05, 3.63) is 34.3 Å². The SMILES string of the molecule is C[C@@H]1CN(Cc2ccc(CN)cc2Cl)C[C@H](C)O1. The lowest BCUT2D eigenvalue weighted by Gasteiger charge is -2.35. The minimum atomic E-state index is 0.288. The summed E-state index contributed by atoms with van der Waals surface area (Å²) >= 11 is 6.29. The van der Waals surface area contributed by atoms with Crippen molar-refractivity contribution in [1.82, 2.24) is 4.90 Å². The smallest absolute Gasteiger partial charge is 0.0678 e. The lowest BCUT2D eigenvalue weighted by Crippen LogP contribution is -2.44. The number of rotatable bonds is 3. The van der Waals surface area contributed by atoms with Gasteiger partial charge in [-0.25, -0.2) is 0 Å². The first kappa shape index (κ1) is 13.8. The first-order chi connectivity index (χ1) is 8.58. The van der Waals surface area contributed by atoms with Crippen molar-refractivity contribution in [1.29, 1.82) is 0 Å². The molecular weight excluding hydrogens is 248 g/mol. The third kappa shape index (κ3) is 3.45. The highest BCUT2D eigenvalue weighted by Gasteiger charge is 2.22. The van der Waals surface area contributed by atoms with E-state index in [2.05, 4.69) is 30.9 Å². The molecule has 1 aromatic rings. The zero-order valence-electron chi connectivity index (χ0n) is 11.0. The van der Waals surface area contributed by atoms with Gasteiger partial charge in [-0.1, -0.05) is 23.7 Å². The Bertz CT molecular complexity index is 401. The number of halogens is 1. The monoisotopic (exact) mass is 268 g/mol. The molecule has 1 aromatic carbocycles. The van der Waals surface area contributed by atoms with E-state index in [4.69, 9.17) is 22.1 Å². The number of hydrogen-bond donors (Lipinski definition) is 1. The summed E-state index contributed by atoms with van der Waals surface area (Å²) in [5, 5.41) is 0.810. The van der Waals surface area contributed by atoms with E-state index in [-0.39, 0.29) is 12.2 Å². The lowest BCUT2D eigenvalue weighted by atomic mass is 10.1. The zero-order valence-corrected chi connectivity index (χ0v) is 11.8. The molecule has 2 N–H and O–H groups in total. The molecule has 0 saturated carbocycles. The van der Waals surface area contributed by atoms with Gasteiger partial charge in [0.15, 0.2) is 0 Å². The highest BCUT2D eigenvalue weighted by molar-refractivity contribution is 6.31. The Balaban J connectivity index is 2.04. The van der Waals surface area contributed by atoms with Crippen LogP contribution in [0.5, 0.6) is 0 Å². The summed E-state index contributed by atoms with van der Waals surface area (Å²) in [6.45, 7) is 7.55. The molecule has 1 aliphatic rings. The molecule has 1 heterocycles. The topological polar surface area (TPSA) is 38.5 Å². The van der Waals surface area contributed by atoms with E-state index < -0.39 is 0 Å². The predicted molar refractivity (Wildman–Crippen MR) is 74.6 cm³/mol. The van der Waals surface area contributed by atoms with Gasteiger partial charge < -0.3 is 10.5 Å². The van der Waals surface area contributed by atoms with E-state index >= 15 is 0 Å². The number of nitrogens with two attached hydrogens (primary N) is 1. The van der Waals surface area contributed by atoms with Crippen molar-refractivity contribution >= 4 is 11.6 Å². The summed E-state index contributed by atoms with van der Waals surface area (Å²) in [5.41, 5.74) is 7.84. The molecule has 0 spiro atoms. The van der Waals surface area contributed by atoms with Gasteiger partial charge in [0.25, 0.3) is 0 Å². The van der Waals surface area contributed by atoms with Crippen LogP contribution < -0.4 is 5.73 Å². The second kappa shape index (κ2) is 6.02. The highest BCUT2D eigenvalue weighted by Crippen LogP contribution is 2.21. The fourth-order valence-corrected chi connectivity index (χ4v) is 2.76. The van der Waals surface area contributed by atoms with Crippen LogP contribution in [0.4, 0.5) is 0 Å². The Labute approximate surface area is 114 Å². The van der Waals surface area contributed by atoms with Crippen LogP contribution in [0.2, 0.25) is 5.02 Å². The van der Waals surface area contributed by atoms with Gasteiger partial charge >= 0.3 is 0 Å². The van der Waals surface area contributed by atoms with Crippen molar-refractivity contribution in [2.24, 2.45) is 5.73 Å². The normalized spacial score (nSPS) is 25.3. The molecule has 0 amide bonds. The quantitative estimate of drug-likeness (QED) is 0.915. The van der Waals surface area contributed by atoms with Gasteiger partial charge in [-0.2, -0.15) is 0 Å². The van der Waals surface area contributed by atoms with Crippen molar-refractivity contribution < 1.29 is 4.74 Å². The van der Waals surface area contributed by atoms with Crippen LogP contribution in [0, 0.1) is 0 Å². The molecule has 0 aromatic heterocycles. The van der Waals surface area contributed by atoms with E-state index in [1.807, 2.05) is 6.07 Å². The Morgan fingerprint density at radius 2 is 2.00 bits per heavy atom. The molecule has 3 nitrogen and oxygen atoms in total. The maximum Gasteiger partial charge on any atom is 0.0678 e. The van der Waals surface area contributed by atoms with Gasteiger partial charge in [0.2, 0.25) is 0 Å². The predicted octanol–water partition coefficient (Wildman–Crippen LogP) is 2.41. The van der Waals surface area contributed by atoms with Crippen LogP contribution >= 0.6 is 11.6 Å². The maximum atomic E-state index is 6.29. The molecule has 2 atom stereocenters. The molecule has 1 fully saturated rings. The molecule has 4 heteroatoms. The van der Waals surface area contributed by atoms with E-state index in [1.165, 1.54) is 0 Å². The van der Waals surface area contributed by atoms with Gasteiger partial charge in [0.1, 0.15) is 0 Å². The molecular formula is C14H21ClN2O. The molecule has 1 aliphatic heterocycles.